The molecule has 1 fully saturated rings. The molecule has 24 heavy (non-hydrogen) atoms. The zero-order valence-corrected chi connectivity index (χ0v) is 14.3. The molecule has 1 aromatic heterocycles. The Kier molecular flexibility index (Phi) is 4.31. The normalized spacial score (nSPS) is 18.3. The van der Waals surface area contributed by atoms with Gasteiger partial charge in [0.1, 0.15) is 0 Å². The Morgan fingerprint density at radius 1 is 1.04 bits per heavy atom. The number of hydrogen-bond acceptors (Lipinski definition) is 2. The SMILES string of the molecule is C[C@@H]1CCCN1CCc1ccc2cc(-c3cccnc3)ccc2c1. The maximum absolute atomic E-state index is 4.22. The molecule has 1 saturated heterocycles. The summed E-state index contributed by atoms with van der Waals surface area (Å²) in [5, 5.41) is 2.63. The van der Waals surface area contributed by atoms with Crippen LogP contribution >= 0.6 is 0 Å². The molecule has 2 nitrogen and oxygen atoms in total. The molecule has 0 unspecified atom stereocenters. The van der Waals surface area contributed by atoms with Gasteiger partial charge in [-0.25, -0.2) is 0 Å². The van der Waals surface area contributed by atoms with Crippen LogP contribution in [0.3, 0.4) is 0 Å². The Hall–Kier alpha value is -2.19. The van der Waals surface area contributed by atoms with Crippen LogP contribution < -0.4 is 0 Å². The Balaban J connectivity index is 1.53. The monoisotopic (exact) mass is 316 g/mol. The molecule has 0 radical (unpaired) electrons. The zero-order chi connectivity index (χ0) is 16.4. The van der Waals surface area contributed by atoms with E-state index in [9.17, 15) is 0 Å². The van der Waals surface area contributed by atoms with Crippen molar-refractivity contribution in [2.24, 2.45) is 0 Å². The summed E-state index contributed by atoms with van der Waals surface area (Å²) >= 11 is 0. The van der Waals surface area contributed by atoms with Gasteiger partial charge in [-0.1, -0.05) is 36.4 Å². The van der Waals surface area contributed by atoms with Gasteiger partial charge < -0.3 is 4.90 Å². The summed E-state index contributed by atoms with van der Waals surface area (Å²) in [6.07, 6.45) is 7.60. The number of rotatable bonds is 4. The first-order valence-electron chi connectivity index (χ1n) is 8.97. The first-order chi connectivity index (χ1) is 11.8. The van der Waals surface area contributed by atoms with Crippen LogP contribution in [0.25, 0.3) is 21.9 Å². The Morgan fingerprint density at radius 2 is 1.92 bits per heavy atom. The largest absolute Gasteiger partial charge is 0.300 e. The van der Waals surface area contributed by atoms with Crippen LogP contribution in [0, 0.1) is 0 Å². The van der Waals surface area contributed by atoms with Gasteiger partial charge >= 0.3 is 0 Å². The van der Waals surface area contributed by atoms with E-state index < -0.39 is 0 Å². The van der Waals surface area contributed by atoms with Gasteiger partial charge in [0.15, 0.2) is 0 Å². The van der Waals surface area contributed by atoms with E-state index in [-0.39, 0.29) is 0 Å². The van der Waals surface area contributed by atoms with Gasteiger partial charge in [0.05, 0.1) is 0 Å². The van der Waals surface area contributed by atoms with E-state index in [4.69, 9.17) is 0 Å². The van der Waals surface area contributed by atoms with Gasteiger partial charge in [-0.15, -0.1) is 0 Å². The van der Waals surface area contributed by atoms with E-state index in [1.807, 2.05) is 18.5 Å². The van der Waals surface area contributed by atoms with Gasteiger partial charge in [-0.05, 0) is 66.8 Å². The van der Waals surface area contributed by atoms with Gasteiger partial charge in [0.2, 0.25) is 0 Å². The van der Waals surface area contributed by atoms with Crippen LogP contribution in [0.2, 0.25) is 0 Å². The summed E-state index contributed by atoms with van der Waals surface area (Å²) in [5.74, 6) is 0. The fraction of sp³-hybridized carbons (Fsp3) is 0.318. The van der Waals surface area contributed by atoms with Gasteiger partial charge in [-0.2, -0.15) is 0 Å². The van der Waals surface area contributed by atoms with Gasteiger partial charge in [0, 0.05) is 30.5 Å². The average Bonchev–Trinajstić information content (AvgIpc) is 3.05. The van der Waals surface area contributed by atoms with Crippen molar-refractivity contribution in [3.8, 4) is 11.1 Å². The van der Waals surface area contributed by atoms with Crippen LogP contribution in [0.1, 0.15) is 25.3 Å². The summed E-state index contributed by atoms with van der Waals surface area (Å²) in [6, 6.07) is 18.5. The standard InChI is InChI=1S/C22H24N2/c1-17-4-3-12-24(17)13-10-18-6-7-20-15-21(9-8-19(20)14-18)22-5-2-11-23-16-22/h2,5-9,11,14-17H,3-4,10,12-13H2,1H3/t17-/m1/s1. The average molecular weight is 316 g/mol. The lowest BCUT2D eigenvalue weighted by Crippen LogP contribution is -2.28. The molecule has 0 spiro atoms. The highest BCUT2D eigenvalue weighted by Gasteiger charge is 2.19. The molecule has 0 bridgehead atoms. The molecule has 2 heterocycles. The quantitative estimate of drug-likeness (QED) is 0.678. The highest BCUT2D eigenvalue weighted by Crippen LogP contribution is 2.25. The highest BCUT2D eigenvalue weighted by atomic mass is 15.2. The molecule has 4 rings (SSSR count). The molecule has 2 aromatic carbocycles. The molecular formula is C22H24N2. The lowest BCUT2D eigenvalue weighted by Gasteiger charge is -2.20. The third-order valence-electron chi connectivity index (χ3n) is 5.28. The minimum absolute atomic E-state index is 0.757. The van der Waals surface area contributed by atoms with Crippen LogP contribution in [-0.4, -0.2) is 29.0 Å². The fourth-order valence-electron chi connectivity index (χ4n) is 3.76. The minimum atomic E-state index is 0.757. The zero-order valence-electron chi connectivity index (χ0n) is 14.3. The maximum atomic E-state index is 4.22. The molecule has 1 atom stereocenters. The Bertz CT molecular complexity index is 826. The number of hydrogen-bond donors (Lipinski definition) is 0. The van der Waals surface area contributed by atoms with Crippen LogP contribution in [0.15, 0.2) is 60.9 Å². The van der Waals surface area contributed by atoms with Crippen molar-refractivity contribution in [2.75, 3.05) is 13.1 Å². The number of fused-ring (bicyclic) bond motifs is 1. The highest BCUT2D eigenvalue weighted by molar-refractivity contribution is 5.87. The molecule has 0 saturated carbocycles. The molecule has 2 heteroatoms. The van der Waals surface area contributed by atoms with Crippen molar-refractivity contribution in [1.82, 2.24) is 9.88 Å². The van der Waals surface area contributed by atoms with Crippen molar-refractivity contribution in [1.29, 1.82) is 0 Å². The molecule has 3 aromatic rings. The van der Waals surface area contributed by atoms with Crippen molar-refractivity contribution in [2.45, 2.75) is 32.2 Å². The molecule has 1 aliphatic heterocycles. The van der Waals surface area contributed by atoms with Crippen molar-refractivity contribution < 1.29 is 0 Å². The van der Waals surface area contributed by atoms with Gasteiger partial charge in [0.25, 0.3) is 0 Å². The second-order valence-electron chi connectivity index (χ2n) is 6.92. The van der Waals surface area contributed by atoms with Gasteiger partial charge in [-0.3, -0.25) is 4.98 Å². The maximum Gasteiger partial charge on any atom is 0.0346 e. The van der Waals surface area contributed by atoms with E-state index >= 15 is 0 Å². The predicted molar refractivity (Wildman–Crippen MR) is 101 cm³/mol. The summed E-state index contributed by atoms with van der Waals surface area (Å²) in [7, 11) is 0. The summed E-state index contributed by atoms with van der Waals surface area (Å²) in [4.78, 5) is 6.84. The predicted octanol–water partition coefficient (Wildman–Crippen LogP) is 4.93. The molecule has 0 N–H and O–H groups in total. The van der Waals surface area contributed by atoms with Crippen LogP contribution in [0.5, 0.6) is 0 Å². The number of aromatic nitrogens is 1. The molecule has 0 amide bonds. The second-order valence-corrected chi connectivity index (χ2v) is 6.92. The Morgan fingerprint density at radius 3 is 2.71 bits per heavy atom. The Labute approximate surface area is 144 Å². The topological polar surface area (TPSA) is 16.1 Å². The summed E-state index contributed by atoms with van der Waals surface area (Å²) in [6.45, 7) is 4.80. The van der Waals surface area contributed by atoms with E-state index in [1.54, 1.807) is 0 Å². The first kappa shape index (κ1) is 15.3. The van der Waals surface area contributed by atoms with E-state index in [1.165, 1.54) is 53.4 Å². The number of pyridine rings is 1. The lowest BCUT2D eigenvalue weighted by molar-refractivity contribution is 0.272. The number of likely N-dealkylation sites (tertiary alicyclic amines) is 1. The summed E-state index contributed by atoms with van der Waals surface area (Å²) < 4.78 is 0. The van der Waals surface area contributed by atoms with Crippen LogP contribution in [0.4, 0.5) is 0 Å². The smallest absolute Gasteiger partial charge is 0.0346 e. The molecule has 0 aliphatic carbocycles. The molecular weight excluding hydrogens is 292 g/mol. The lowest BCUT2D eigenvalue weighted by atomic mass is 10.00. The molecule has 122 valence electrons. The van der Waals surface area contributed by atoms with E-state index in [0.29, 0.717) is 0 Å². The van der Waals surface area contributed by atoms with Crippen molar-refractivity contribution >= 4 is 10.8 Å². The number of benzene rings is 2. The summed E-state index contributed by atoms with van der Waals surface area (Å²) in [5.41, 5.74) is 3.84. The van der Waals surface area contributed by atoms with E-state index in [0.717, 1.165) is 12.5 Å². The minimum Gasteiger partial charge on any atom is -0.300 e. The van der Waals surface area contributed by atoms with Crippen molar-refractivity contribution in [3.63, 3.8) is 0 Å². The van der Waals surface area contributed by atoms with Crippen molar-refractivity contribution in [3.05, 3.63) is 66.5 Å². The van der Waals surface area contributed by atoms with Crippen LogP contribution in [-0.2, 0) is 6.42 Å². The van der Waals surface area contributed by atoms with E-state index in [2.05, 4.69) is 59.3 Å². The second kappa shape index (κ2) is 6.74. The third kappa shape index (κ3) is 3.20. The number of nitrogens with zero attached hydrogens (tertiary/aromatic N) is 2. The first-order valence-corrected chi connectivity index (χ1v) is 8.97. The third-order valence-corrected chi connectivity index (χ3v) is 5.28. The fourth-order valence-corrected chi connectivity index (χ4v) is 3.76. The molecule has 1 aliphatic rings.